The van der Waals surface area contributed by atoms with Gasteiger partial charge in [-0.2, -0.15) is 0 Å². The van der Waals surface area contributed by atoms with E-state index in [1.165, 1.54) is 52.6 Å². The highest BCUT2D eigenvalue weighted by Crippen LogP contribution is 2.17. The van der Waals surface area contributed by atoms with Gasteiger partial charge in [-0.15, -0.1) is 0 Å². The molecule has 0 heteroatoms. The van der Waals surface area contributed by atoms with Gasteiger partial charge in [-0.05, 0) is 74.3 Å². The maximum atomic E-state index is 2.34. The van der Waals surface area contributed by atoms with Crippen LogP contribution in [0.15, 0.2) is 36.4 Å². The van der Waals surface area contributed by atoms with E-state index in [1.807, 2.05) is 0 Å². The lowest BCUT2D eigenvalue weighted by Gasteiger charge is -2.09. The predicted octanol–water partition coefficient (Wildman–Crippen LogP) is 5.35. The van der Waals surface area contributed by atoms with Crippen molar-refractivity contribution in [2.45, 2.75) is 53.4 Å². The Morgan fingerprint density at radius 3 is 1.90 bits per heavy atom. The van der Waals surface area contributed by atoms with Crippen LogP contribution in [0.1, 0.15) is 46.7 Å². The Hall–Kier alpha value is -1.56. The van der Waals surface area contributed by atoms with Crippen LogP contribution in [-0.4, -0.2) is 0 Å². The fourth-order valence-electron chi connectivity index (χ4n) is 2.85. The first-order valence-electron chi connectivity index (χ1n) is 7.74. The van der Waals surface area contributed by atoms with Gasteiger partial charge in [-0.1, -0.05) is 48.9 Å². The molecule has 20 heavy (non-hydrogen) atoms. The molecule has 2 aromatic carbocycles. The van der Waals surface area contributed by atoms with Gasteiger partial charge in [0.05, 0.1) is 0 Å². The molecule has 0 aliphatic heterocycles. The van der Waals surface area contributed by atoms with Crippen LogP contribution in [0.2, 0.25) is 0 Å². The molecule has 0 atom stereocenters. The quantitative estimate of drug-likeness (QED) is 0.684. The molecule has 0 saturated heterocycles. The summed E-state index contributed by atoms with van der Waals surface area (Å²) < 4.78 is 0. The highest BCUT2D eigenvalue weighted by molar-refractivity contribution is 5.32. The van der Waals surface area contributed by atoms with Gasteiger partial charge in [0, 0.05) is 0 Å². The third kappa shape index (κ3) is 3.72. The van der Waals surface area contributed by atoms with Crippen molar-refractivity contribution in [1.82, 2.24) is 0 Å². The van der Waals surface area contributed by atoms with Crippen molar-refractivity contribution < 1.29 is 0 Å². The number of benzene rings is 2. The average molecular weight is 266 g/mol. The van der Waals surface area contributed by atoms with E-state index in [9.17, 15) is 0 Å². The molecule has 0 aromatic heterocycles. The molecule has 106 valence electrons. The first-order valence-corrected chi connectivity index (χ1v) is 7.74. The van der Waals surface area contributed by atoms with E-state index < -0.39 is 0 Å². The Morgan fingerprint density at radius 1 is 0.750 bits per heavy atom. The van der Waals surface area contributed by atoms with E-state index in [-0.39, 0.29) is 0 Å². The van der Waals surface area contributed by atoms with Crippen LogP contribution in [0.4, 0.5) is 0 Å². The number of aryl methyl sites for hydroxylation is 6. The second kappa shape index (κ2) is 6.74. The average Bonchev–Trinajstić information content (AvgIpc) is 2.42. The molecule has 0 radical (unpaired) electrons. The zero-order valence-electron chi connectivity index (χ0n) is 13.3. The summed E-state index contributed by atoms with van der Waals surface area (Å²) in [5.74, 6) is 0. The summed E-state index contributed by atoms with van der Waals surface area (Å²) >= 11 is 0. The van der Waals surface area contributed by atoms with E-state index in [0.717, 1.165) is 6.42 Å². The monoisotopic (exact) mass is 266 g/mol. The van der Waals surface area contributed by atoms with Crippen molar-refractivity contribution in [3.8, 4) is 0 Å². The second-order valence-corrected chi connectivity index (χ2v) is 5.90. The van der Waals surface area contributed by atoms with Gasteiger partial charge >= 0.3 is 0 Å². The lowest BCUT2D eigenvalue weighted by Crippen LogP contribution is -1.96. The van der Waals surface area contributed by atoms with Gasteiger partial charge < -0.3 is 0 Å². The maximum absolute atomic E-state index is 2.34. The summed E-state index contributed by atoms with van der Waals surface area (Å²) in [4.78, 5) is 0. The topological polar surface area (TPSA) is 0 Å². The highest BCUT2D eigenvalue weighted by atomic mass is 14.1. The minimum absolute atomic E-state index is 1.13. The van der Waals surface area contributed by atoms with Crippen molar-refractivity contribution in [3.63, 3.8) is 0 Å². The summed E-state index contributed by atoms with van der Waals surface area (Å²) in [7, 11) is 0. The normalized spacial score (nSPS) is 10.8. The summed E-state index contributed by atoms with van der Waals surface area (Å²) in [5.41, 5.74) is 8.69. The van der Waals surface area contributed by atoms with E-state index in [2.05, 4.69) is 64.1 Å². The molecular formula is C20H26. The Morgan fingerprint density at radius 2 is 1.35 bits per heavy atom. The standard InChI is InChI=1S/C20H26/c1-5-18-10-12-20(17(4)14-18)8-6-7-19-11-9-15(2)13-16(19)3/h9-14H,5-8H2,1-4H3. The molecule has 0 nitrogen and oxygen atoms in total. The van der Waals surface area contributed by atoms with Crippen LogP contribution in [0.3, 0.4) is 0 Å². The van der Waals surface area contributed by atoms with E-state index in [0.29, 0.717) is 0 Å². The van der Waals surface area contributed by atoms with Crippen molar-refractivity contribution >= 4 is 0 Å². The second-order valence-electron chi connectivity index (χ2n) is 5.90. The lowest BCUT2D eigenvalue weighted by atomic mass is 9.96. The van der Waals surface area contributed by atoms with Crippen molar-refractivity contribution in [3.05, 3.63) is 69.8 Å². The molecule has 2 rings (SSSR count). The molecular weight excluding hydrogens is 240 g/mol. The van der Waals surface area contributed by atoms with Gasteiger partial charge in [-0.3, -0.25) is 0 Å². The fraction of sp³-hybridized carbons (Fsp3) is 0.400. The molecule has 0 bridgehead atoms. The SMILES string of the molecule is CCc1ccc(CCCc2ccc(C)cc2C)c(C)c1. The Bertz CT molecular complexity index is 579. The van der Waals surface area contributed by atoms with E-state index in [1.54, 1.807) is 0 Å². The van der Waals surface area contributed by atoms with Crippen molar-refractivity contribution in [2.24, 2.45) is 0 Å². The van der Waals surface area contributed by atoms with E-state index >= 15 is 0 Å². The number of hydrogen-bond acceptors (Lipinski definition) is 0. The van der Waals surface area contributed by atoms with Gasteiger partial charge in [0.25, 0.3) is 0 Å². The molecule has 0 N–H and O–H groups in total. The van der Waals surface area contributed by atoms with Crippen LogP contribution < -0.4 is 0 Å². The molecule has 2 aromatic rings. The fourth-order valence-corrected chi connectivity index (χ4v) is 2.85. The minimum atomic E-state index is 1.13. The zero-order valence-corrected chi connectivity index (χ0v) is 13.3. The first-order chi connectivity index (χ1) is 9.60. The van der Waals surface area contributed by atoms with Crippen LogP contribution in [-0.2, 0) is 19.3 Å². The molecule has 0 aliphatic rings. The van der Waals surface area contributed by atoms with Crippen molar-refractivity contribution in [1.29, 1.82) is 0 Å². The molecule has 0 unspecified atom stereocenters. The summed E-state index contributed by atoms with van der Waals surface area (Å²) in [5, 5.41) is 0. The maximum Gasteiger partial charge on any atom is -0.0273 e. The largest absolute Gasteiger partial charge is 0.0613 e. The number of rotatable bonds is 5. The highest BCUT2D eigenvalue weighted by Gasteiger charge is 2.02. The molecule has 0 heterocycles. The molecule has 0 spiro atoms. The minimum Gasteiger partial charge on any atom is -0.0613 e. The summed E-state index contributed by atoms with van der Waals surface area (Å²) in [6.45, 7) is 8.85. The zero-order chi connectivity index (χ0) is 14.5. The molecule has 0 saturated carbocycles. The van der Waals surface area contributed by atoms with Crippen LogP contribution in [0.25, 0.3) is 0 Å². The Kier molecular flexibility index (Phi) is 5.00. The van der Waals surface area contributed by atoms with Gasteiger partial charge in [0.15, 0.2) is 0 Å². The lowest BCUT2D eigenvalue weighted by molar-refractivity contribution is 0.810. The van der Waals surface area contributed by atoms with Crippen LogP contribution >= 0.6 is 0 Å². The van der Waals surface area contributed by atoms with Crippen LogP contribution in [0, 0.1) is 20.8 Å². The van der Waals surface area contributed by atoms with Gasteiger partial charge in [0.2, 0.25) is 0 Å². The summed E-state index contributed by atoms with van der Waals surface area (Å²) in [6, 6.07) is 13.7. The third-order valence-electron chi connectivity index (χ3n) is 4.21. The third-order valence-corrected chi connectivity index (χ3v) is 4.21. The Balaban J connectivity index is 1.96. The van der Waals surface area contributed by atoms with Gasteiger partial charge in [-0.25, -0.2) is 0 Å². The molecule has 0 amide bonds. The molecule has 0 fully saturated rings. The summed E-state index contributed by atoms with van der Waals surface area (Å²) in [6.07, 6.45) is 4.73. The number of hydrogen-bond donors (Lipinski definition) is 0. The Labute approximate surface area is 123 Å². The van der Waals surface area contributed by atoms with E-state index in [4.69, 9.17) is 0 Å². The smallest absolute Gasteiger partial charge is 0.0273 e. The van der Waals surface area contributed by atoms with Gasteiger partial charge in [0.1, 0.15) is 0 Å². The predicted molar refractivity (Wildman–Crippen MR) is 88.5 cm³/mol. The first kappa shape index (κ1) is 14.8. The van der Waals surface area contributed by atoms with Crippen molar-refractivity contribution in [2.75, 3.05) is 0 Å². The van der Waals surface area contributed by atoms with Crippen LogP contribution in [0.5, 0.6) is 0 Å². The molecule has 0 aliphatic carbocycles.